The maximum Gasteiger partial charge on any atom is 0.227 e. The van der Waals surface area contributed by atoms with Gasteiger partial charge in [0, 0.05) is 32.1 Å². The monoisotopic (exact) mass is 381 g/mol. The van der Waals surface area contributed by atoms with E-state index in [9.17, 15) is 4.79 Å². The number of methoxy groups -OCH3 is 2. The van der Waals surface area contributed by atoms with Crippen LogP contribution in [0.5, 0.6) is 11.5 Å². The SMILES string of the molecule is COc1ccc(N(C)C(=O)CC(c2ccccc2)c2nnc(C)o2)cc1OC. The van der Waals surface area contributed by atoms with Gasteiger partial charge < -0.3 is 18.8 Å². The number of hydrogen-bond donors (Lipinski definition) is 0. The summed E-state index contributed by atoms with van der Waals surface area (Å²) in [4.78, 5) is 14.6. The second kappa shape index (κ2) is 8.56. The normalized spacial score (nSPS) is 11.7. The van der Waals surface area contributed by atoms with Crippen LogP contribution in [0.15, 0.2) is 52.9 Å². The Morgan fingerprint density at radius 2 is 1.79 bits per heavy atom. The molecule has 3 rings (SSSR count). The highest BCUT2D eigenvalue weighted by Gasteiger charge is 2.26. The summed E-state index contributed by atoms with van der Waals surface area (Å²) < 4.78 is 16.2. The fraction of sp³-hybridized carbons (Fsp3) is 0.286. The number of amides is 1. The van der Waals surface area contributed by atoms with Crippen LogP contribution in [0.25, 0.3) is 0 Å². The number of anilines is 1. The molecule has 1 atom stereocenters. The van der Waals surface area contributed by atoms with Gasteiger partial charge in [0.1, 0.15) is 0 Å². The molecule has 0 aliphatic rings. The number of carbonyl (C=O) groups is 1. The minimum absolute atomic E-state index is 0.0862. The molecule has 146 valence electrons. The van der Waals surface area contributed by atoms with Gasteiger partial charge in [-0.25, -0.2) is 0 Å². The van der Waals surface area contributed by atoms with Crippen molar-refractivity contribution in [2.45, 2.75) is 19.3 Å². The molecule has 1 heterocycles. The Morgan fingerprint density at radius 1 is 1.07 bits per heavy atom. The molecule has 7 nitrogen and oxygen atoms in total. The number of hydrogen-bond acceptors (Lipinski definition) is 6. The number of carbonyl (C=O) groups excluding carboxylic acids is 1. The molecule has 0 spiro atoms. The van der Waals surface area contributed by atoms with E-state index >= 15 is 0 Å². The number of nitrogens with zero attached hydrogens (tertiary/aromatic N) is 3. The van der Waals surface area contributed by atoms with Gasteiger partial charge in [-0.3, -0.25) is 4.79 Å². The standard InChI is InChI=1S/C21H23N3O4/c1-14-22-23-21(28-14)17(15-8-6-5-7-9-15)13-20(25)24(2)16-10-11-18(26-3)19(12-16)27-4/h5-12,17H,13H2,1-4H3. The van der Waals surface area contributed by atoms with Crippen molar-refractivity contribution in [1.82, 2.24) is 10.2 Å². The topological polar surface area (TPSA) is 77.7 Å². The molecule has 1 amide bonds. The summed E-state index contributed by atoms with van der Waals surface area (Å²) in [5, 5.41) is 8.05. The minimum Gasteiger partial charge on any atom is -0.493 e. The molecule has 7 heteroatoms. The van der Waals surface area contributed by atoms with Gasteiger partial charge in [0.05, 0.1) is 20.1 Å². The van der Waals surface area contributed by atoms with E-state index in [4.69, 9.17) is 13.9 Å². The van der Waals surface area contributed by atoms with Crippen molar-refractivity contribution in [2.75, 3.05) is 26.2 Å². The Hall–Kier alpha value is -3.35. The van der Waals surface area contributed by atoms with Crippen LogP contribution in [0.3, 0.4) is 0 Å². The van der Waals surface area contributed by atoms with Crippen LogP contribution >= 0.6 is 0 Å². The third kappa shape index (κ3) is 4.14. The third-order valence-electron chi connectivity index (χ3n) is 4.55. The molecule has 0 radical (unpaired) electrons. The Kier molecular flexibility index (Phi) is 5.93. The summed E-state index contributed by atoms with van der Waals surface area (Å²) >= 11 is 0. The molecule has 2 aromatic carbocycles. The van der Waals surface area contributed by atoms with Crippen LogP contribution in [0.4, 0.5) is 5.69 Å². The lowest BCUT2D eigenvalue weighted by atomic mass is 9.95. The molecule has 0 aliphatic heterocycles. The van der Waals surface area contributed by atoms with E-state index in [1.54, 1.807) is 45.2 Å². The van der Waals surface area contributed by atoms with Gasteiger partial charge in [0.25, 0.3) is 0 Å². The molecule has 1 unspecified atom stereocenters. The summed E-state index contributed by atoms with van der Waals surface area (Å²) in [6, 6.07) is 15.0. The van der Waals surface area contributed by atoms with E-state index < -0.39 is 0 Å². The van der Waals surface area contributed by atoms with Crippen LogP contribution in [-0.4, -0.2) is 37.4 Å². The van der Waals surface area contributed by atoms with Gasteiger partial charge in [-0.2, -0.15) is 0 Å². The number of rotatable bonds is 7. The van der Waals surface area contributed by atoms with Crippen molar-refractivity contribution in [3.63, 3.8) is 0 Å². The third-order valence-corrected chi connectivity index (χ3v) is 4.55. The highest BCUT2D eigenvalue weighted by atomic mass is 16.5. The summed E-state index contributed by atoms with van der Waals surface area (Å²) in [5.41, 5.74) is 1.65. The Labute approximate surface area is 163 Å². The molecule has 28 heavy (non-hydrogen) atoms. The van der Waals surface area contributed by atoms with Crippen molar-refractivity contribution in [2.24, 2.45) is 0 Å². The maximum absolute atomic E-state index is 13.0. The number of ether oxygens (including phenoxy) is 2. The molecule has 0 bridgehead atoms. The van der Waals surface area contributed by atoms with Gasteiger partial charge in [0.2, 0.25) is 17.7 Å². The predicted molar refractivity (Wildman–Crippen MR) is 105 cm³/mol. The van der Waals surface area contributed by atoms with Gasteiger partial charge in [0.15, 0.2) is 11.5 Å². The second-order valence-corrected chi connectivity index (χ2v) is 6.32. The molecule has 0 aliphatic carbocycles. The highest BCUT2D eigenvalue weighted by molar-refractivity contribution is 5.93. The first kappa shape index (κ1) is 19.4. The van der Waals surface area contributed by atoms with Gasteiger partial charge in [-0.1, -0.05) is 30.3 Å². The molecular weight excluding hydrogens is 358 g/mol. The van der Waals surface area contributed by atoms with Crippen LogP contribution in [-0.2, 0) is 4.79 Å². The van der Waals surface area contributed by atoms with Crippen molar-refractivity contribution >= 4 is 11.6 Å². The molecule has 3 aromatic rings. The smallest absolute Gasteiger partial charge is 0.227 e. The highest BCUT2D eigenvalue weighted by Crippen LogP contribution is 2.33. The average Bonchev–Trinajstić information content (AvgIpc) is 3.17. The average molecular weight is 381 g/mol. The van der Waals surface area contributed by atoms with Gasteiger partial charge in [-0.15, -0.1) is 10.2 Å². The fourth-order valence-electron chi connectivity index (χ4n) is 2.97. The van der Waals surface area contributed by atoms with E-state index in [0.29, 0.717) is 29.0 Å². The molecule has 0 saturated heterocycles. The minimum atomic E-state index is -0.322. The number of benzene rings is 2. The Morgan fingerprint density at radius 3 is 2.39 bits per heavy atom. The summed E-state index contributed by atoms with van der Waals surface area (Å²) in [5.74, 6) is 1.66. The first-order valence-corrected chi connectivity index (χ1v) is 8.87. The van der Waals surface area contributed by atoms with Crippen LogP contribution in [0.2, 0.25) is 0 Å². The van der Waals surface area contributed by atoms with Crippen LogP contribution in [0, 0.1) is 6.92 Å². The molecule has 0 saturated carbocycles. The van der Waals surface area contributed by atoms with E-state index in [0.717, 1.165) is 5.56 Å². The lowest BCUT2D eigenvalue weighted by Crippen LogP contribution is -2.28. The predicted octanol–water partition coefficient (Wildman–Crippen LogP) is 3.58. The largest absolute Gasteiger partial charge is 0.493 e. The van der Waals surface area contributed by atoms with E-state index in [2.05, 4.69) is 10.2 Å². The maximum atomic E-state index is 13.0. The Balaban J connectivity index is 1.85. The number of aryl methyl sites for hydroxylation is 1. The zero-order valence-corrected chi connectivity index (χ0v) is 16.4. The fourth-order valence-corrected chi connectivity index (χ4v) is 2.97. The molecule has 1 aromatic heterocycles. The quantitative estimate of drug-likeness (QED) is 0.622. The summed E-state index contributed by atoms with van der Waals surface area (Å²) in [6.45, 7) is 1.73. The van der Waals surface area contributed by atoms with Crippen molar-refractivity contribution in [3.8, 4) is 11.5 Å². The van der Waals surface area contributed by atoms with Crippen LogP contribution in [0.1, 0.15) is 29.7 Å². The van der Waals surface area contributed by atoms with Crippen molar-refractivity contribution in [1.29, 1.82) is 0 Å². The lowest BCUT2D eigenvalue weighted by molar-refractivity contribution is -0.118. The van der Waals surface area contributed by atoms with Gasteiger partial charge in [-0.05, 0) is 17.7 Å². The molecule has 0 N–H and O–H groups in total. The molecular formula is C21H23N3O4. The van der Waals surface area contributed by atoms with Crippen molar-refractivity contribution in [3.05, 3.63) is 65.9 Å². The zero-order valence-electron chi connectivity index (χ0n) is 16.4. The summed E-state index contributed by atoms with van der Waals surface area (Å²) in [7, 11) is 4.86. The van der Waals surface area contributed by atoms with E-state index in [1.807, 2.05) is 36.4 Å². The Bertz CT molecular complexity index is 940. The molecule has 0 fully saturated rings. The van der Waals surface area contributed by atoms with Crippen LogP contribution < -0.4 is 14.4 Å². The van der Waals surface area contributed by atoms with Gasteiger partial charge >= 0.3 is 0 Å². The second-order valence-electron chi connectivity index (χ2n) is 6.32. The lowest BCUT2D eigenvalue weighted by Gasteiger charge is -2.21. The van der Waals surface area contributed by atoms with E-state index in [1.165, 1.54) is 0 Å². The zero-order chi connectivity index (χ0) is 20.1. The first-order chi connectivity index (χ1) is 13.5. The van der Waals surface area contributed by atoms with Crippen molar-refractivity contribution < 1.29 is 18.7 Å². The number of aromatic nitrogens is 2. The summed E-state index contributed by atoms with van der Waals surface area (Å²) in [6.07, 6.45) is 0.191. The van der Waals surface area contributed by atoms with E-state index in [-0.39, 0.29) is 18.2 Å². The first-order valence-electron chi connectivity index (χ1n) is 8.87.